The molecule has 92 valence electrons. The summed E-state index contributed by atoms with van der Waals surface area (Å²) in [6, 6.07) is 2.13. The van der Waals surface area contributed by atoms with Gasteiger partial charge in [0.2, 0.25) is 0 Å². The molecular weight excluding hydrogens is 282 g/mol. The van der Waals surface area contributed by atoms with E-state index < -0.39 is 0 Å². The van der Waals surface area contributed by atoms with E-state index in [1.54, 1.807) is 10.7 Å². The van der Waals surface area contributed by atoms with Crippen molar-refractivity contribution in [3.63, 3.8) is 0 Å². The first-order valence-electron chi connectivity index (χ1n) is 5.58. The number of aromatic nitrogens is 3. The zero-order valence-electron chi connectivity index (χ0n) is 9.89. The summed E-state index contributed by atoms with van der Waals surface area (Å²) < 4.78 is 2.61. The van der Waals surface area contributed by atoms with E-state index in [-0.39, 0.29) is 6.04 Å². The Kier molecular flexibility index (Phi) is 3.63. The minimum Gasteiger partial charge on any atom is -0.366 e. The number of nitrogens with zero attached hydrogens (tertiary/aromatic N) is 3. The maximum absolute atomic E-state index is 5.73. The zero-order chi connectivity index (χ0) is 12.4. The Labute approximate surface area is 109 Å². The Balaban J connectivity index is 2.26. The van der Waals surface area contributed by atoms with Crippen LogP contribution in [0.4, 0.5) is 5.82 Å². The maximum atomic E-state index is 5.73. The van der Waals surface area contributed by atoms with Gasteiger partial charge in [-0.3, -0.25) is 0 Å². The lowest BCUT2D eigenvalue weighted by Crippen LogP contribution is -2.34. The van der Waals surface area contributed by atoms with Crippen molar-refractivity contribution >= 4 is 27.4 Å². The molecule has 0 aliphatic carbocycles. The third-order valence-corrected chi connectivity index (χ3v) is 3.28. The molecule has 6 heteroatoms. The Morgan fingerprint density at radius 3 is 2.94 bits per heavy atom. The summed E-state index contributed by atoms with van der Waals surface area (Å²) in [5.74, 6) is 1.29. The summed E-state index contributed by atoms with van der Waals surface area (Å²) in [7, 11) is 0. The van der Waals surface area contributed by atoms with Gasteiger partial charge in [0.15, 0.2) is 5.65 Å². The van der Waals surface area contributed by atoms with E-state index in [1.165, 1.54) is 0 Å². The molecule has 5 nitrogen and oxygen atoms in total. The van der Waals surface area contributed by atoms with Gasteiger partial charge >= 0.3 is 0 Å². The number of nitrogens with one attached hydrogen (secondary N) is 1. The van der Waals surface area contributed by atoms with Crippen LogP contribution >= 0.6 is 15.9 Å². The number of halogens is 1. The SMILES string of the molecule is CC(C)C(CN)Nc1ccn2ncc(Br)c2n1. The smallest absolute Gasteiger partial charge is 0.171 e. The second kappa shape index (κ2) is 5.01. The van der Waals surface area contributed by atoms with E-state index in [0.717, 1.165) is 15.9 Å². The Hall–Kier alpha value is -1.14. The van der Waals surface area contributed by atoms with Gasteiger partial charge in [0.05, 0.1) is 10.7 Å². The van der Waals surface area contributed by atoms with E-state index in [2.05, 4.69) is 45.2 Å². The number of fused-ring (bicyclic) bond motifs is 1. The fraction of sp³-hybridized carbons (Fsp3) is 0.455. The van der Waals surface area contributed by atoms with Gasteiger partial charge in [0.25, 0.3) is 0 Å². The first-order chi connectivity index (χ1) is 8.11. The topological polar surface area (TPSA) is 68.2 Å². The molecule has 2 aromatic rings. The average molecular weight is 298 g/mol. The van der Waals surface area contributed by atoms with E-state index in [0.29, 0.717) is 12.5 Å². The molecule has 0 saturated carbocycles. The van der Waals surface area contributed by atoms with Crippen molar-refractivity contribution in [3.05, 3.63) is 22.9 Å². The highest BCUT2D eigenvalue weighted by Gasteiger charge is 2.12. The van der Waals surface area contributed by atoms with E-state index in [1.807, 2.05) is 12.3 Å². The highest BCUT2D eigenvalue weighted by molar-refractivity contribution is 9.10. The van der Waals surface area contributed by atoms with E-state index in [4.69, 9.17) is 5.73 Å². The van der Waals surface area contributed by atoms with Gasteiger partial charge in [-0.05, 0) is 27.9 Å². The monoisotopic (exact) mass is 297 g/mol. The van der Waals surface area contributed by atoms with E-state index in [9.17, 15) is 0 Å². The van der Waals surface area contributed by atoms with Crippen molar-refractivity contribution < 1.29 is 0 Å². The number of hydrogen-bond donors (Lipinski definition) is 2. The second-order valence-electron chi connectivity index (χ2n) is 4.30. The molecule has 1 unspecified atom stereocenters. The van der Waals surface area contributed by atoms with Gasteiger partial charge < -0.3 is 11.1 Å². The van der Waals surface area contributed by atoms with Crippen molar-refractivity contribution in [1.29, 1.82) is 0 Å². The lowest BCUT2D eigenvalue weighted by Gasteiger charge is -2.20. The first kappa shape index (κ1) is 12.3. The standard InChI is InChI=1S/C11H16BrN5/c1-7(2)9(5-13)15-10-3-4-17-11(16-10)8(12)6-14-17/h3-4,6-7,9H,5,13H2,1-2H3,(H,15,16). The zero-order valence-corrected chi connectivity index (χ0v) is 11.5. The van der Waals surface area contributed by atoms with Gasteiger partial charge in [0, 0.05) is 18.8 Å². The molecular formula is C11H16BrN5. The predicted molar refractivity (Wildman–Crippen MR) is 72.0 cm³/mol. The molecule has 17 heavy (non-hydrogen) atoms. The molecule has 2 aromatic heterocycles. The normalized spacial score (nSPS) is 13.2. The second-order valence-corrected chi connectivity index (χ2v) is 5.16. The summed E-state index contributed by atoms with van der Waals surface area (Å²) in [6.07, 6.45) is 3.61. The van der Waals surface area contributed by atoms with Crippen LogP contribution in [0.25, 0.3) is 5.65 Å². The van der Waals surface area contributed by atoms with Crippen LogP contribution in [0.1, 0.15) is 13.8 Å². The number of nitrogens with two attached hydrogens (primary N) is 1. The van der Waals surface area contributed by atoms with Crippen LogP contribution in [0.5, 0.6) is 0 Å². The highest BCUT2D eigenvalue weighted by Crippen LogP contribution is 2.17. The van der Waals surface area contributed by atoms with Crippen LogP contribution in [0.2, 0.25) is 0 Å². The molecule has 2 rings (SSSR count). The van der Waals surface area contributed by atoms with Crippen LogP contribution in [0.3, 0.4) is 0 Å². The van der Waals surface area contributed by atoms with Gasteiger partial charge in [-0.15, -0.1) is 0 Å². The molecule has 0 radical (unpaired) electrons. The largest absolute Gasteiger partial charge is 0.366 e. The molecule has 1 atom stereocenters. The fourth-order valence-electron chi connectivity index (χ4n) is 1.61. The van der Waals surface area contributed by atoms with Crippen LogP contribution in [-0.2, 0) is 0 Å². The molecule has 0 spiro atoms. The van der Waals surface area contributed by atoms with Gasteiger partial charge in [-0.1, -0.05) is 13.8 Å². The molecule has 0 saturated heterocycles. The van der Waals surface area contributed by atoms with Gasteiger partial charge in [-0.2, -0.15) is 5.10 Å². The number of hydrogen-bond acceptors (Lipinski definition) is 4. The van der Waals surface area contributed by atoms with Crippen LogP contribution in [0.15, 0.2) is 22.9 Å². The summed E-state index contributed by atoms with van der Waals surface area (Å²) in [6.45, 7) is 4.86. The lowest BCUT2D eigenvalue weighted by molar-refractivity contribution is 0.530. The average Bonchev–Trinajstić information content (AvgIpc) is 2.67. The summed E-state index contributed by atoms with van der Waals surface area (Å²) >= 11 is 3.41. The molecule has 3 N–H and O–H groups in total. The van der Waals surface area contributed by atoms with Crippen molar-refractivity contribution in [3.8, 4) is 0 Å². The molecule has 0 aromatic carbocycles. The van der Waals surface area contributed by atoms with Crippen LogP contribution in [-0.4, -0.2) is 27.2 Å². The minimum absolute atomic E-state index is 0.228. The van der Waals surface area contributed by atoms with Crippen molar-refractivity contribution in [2.75, 3.05) is 11.9 Å². The molecule has 0 bridgehead atoms. The molecule has 0 amide bonds. The Bertz CT molecular complexity index is 508. The number of anilines is 1. The molecule has 0 fully saturated rings. The summed E-state index contributed by atoms with van der Waals surface area (Å²) in [5.41, 5.74) is 6.53. The first-order valence-corrected chi connectivity index (χ1v) is 6.37. The lowest BCUT2D eigenvalue weighted by atomic mass is 10.1. The molecule has 0 aliphatic rings. The maximum Gasteiger partial charge on any atom is 0.171 e. The van der Waals surface area contributed by atoms with Crippen LogP contribution < -0.4 is 11.1 Å². The quantitative estimate of drug-likeness (QED) is 0.904. The summed E-state index contributed by atoms with van der Waals surface area (Å²) in [5, 5.41) is 7.49. The van der Waals surface area contributed by atoms with Crippen molar-refractivity contribution in [2.24, 2.45) is 11.7 Å². The predicted octanol–water partition coefficient (Wildman–Crippen LogP) is 1.89. The highest BCUT2D eigenvalue weighted by atomic mass is 79.9. The van der Waals surface area contributed by atoms with Crippen LogP contribution in [0, 0.1) is 5.92 Å². The van der Waals surface area contributed by atoms with Gasteiger partial charge in [0.1, 0.15) is 5.82 Å². The Morgan fingerprint density at radius 2 is 2.29 bits per heavy atom. The molecule has 2 heterocycles. The number of rotatable bonds is 4. The fourth-order valence-corrected chi connectivity index (χ4v) is 1.97. The Morgan fingerprint density at radius 1 is 1.53 bits per heavy atom. The van der Waals surface area contributed by atoms with E-state index >= 15 is 0 Å². The summed E-state index contributed by atoms with van der Waals surface area (Å²) in [4.78, 5) is 4.49. The minimum atomic E-state index is 0.228. The third-order valence-electron chi connectivity index (χ3n) is 2.72. The molecule has 0 aliphatic heterocycles. The van der Waals surface area contributed by atoms with Gasteiger partial charge in [-0.25, -0.2) is 9.50 Å². The van der Waals surface area contributed by atoms with Crippen molar-refractivity contribution in [2.45, 2.75) is 19.9 Å². The van der Waals surface area contributed by atoms with Crippen molar-refractivity contribution in [1.82, 2.24) is 14.6 Å². The third kappa shape index (κ3) is 2.58.